The average Bonchev–Trinajstić information content (AvgIpc) is 3.27. The molecule has 1 aliphatic heterocycles. The van der Waals surface area contributed by atoms with Gasteiger partial charge >= 0.3 is 5.63 Å². The van der Waals surface area contributed by atoms with E-state index >= 15 is 0 Å². The van der Waals surface area contributed by atoms with Crippen molar-refractivity contribution in [1.82, 2.24) is 0 Å². The first-order valence-electron chi connectivity index (χ1n) is 9.89. The van der Waals surface area contributed by atoms with E-state index in [1.54, 1.807) is 49.6 Å². The van der Waals surface area contributed by atoms with Crippen molar-refractivity contribution in [2.24, 2.45) is 0 Å². The first-order chi connectivity index (χ1) is 14.6. The Labute approximate surface area is 173 Å². The van der Waals surface area contributed by atoms with Gasteiger partial charge in [-0.05, 0) is 67.8 Å². The fourth-order valence-corrected chi connectivity index (χ4v) is 3.47. The van der Waals surface area contributed by atoms with Gasteiger partial charge in [0.15, 0.2) is 0 Å². The summed E-state index contributed by atoms with van der Waals surface area (Å²) < 4.78 is 21.7. The Morgan fingerprint density at radius 2 is 1.93 bits per heavy atom. The predicted molar refractivity (Wildman–Crippen MR) is 110 cm³/mol. The third kappa shape index (κ3) is 4.63. The van der Waals surface area contributed by atoms with Crippen LogP contribution in [0.15, 0.2) is 62.4 Å². The molecule has 7 heteroatoms. The first-order valence-corrected chi connectivity index (χ1v) is 9.89. The fraction of sp³-hybridized carbons (Fsp3) is 0.304. The van der Waals surface area contributed by atoms with Crippen LogP contribution in [0.4, 0.5) is 5.69 Å². The van der Waals surface area contributed by atoms with E-state index in [-0.39, 0.29) is 11.5 Å². The second-order valence-electron chi connectivity index (χ2n) is 7.23. The normalized spacial score (nSPS) is 14.4. The Kier molecular flexibility index (Phi) is 5.99. The lowest BCUT2D eigenvalue weighted by atomic mass is 9.95. The summed E-state index contributed by atoms with van der Waals surface area (Å²) in [5, 5.41) is 2.74. The van der Waals surface area contributed by atoms with Crippen molar-refractivity contribution in [3.63, 3.8) is 0 Å². The number of amides is 1. The fourth-order valence-electron chi connectivity index (χ4n) is 3.47. The molecule has 3 heterocycles. The van der Waals surface area contributed by atoms with Crippen LogP contribution in [0.3, 0.4) is 0 Å². The molecule has 0 bridgehead atoms. The third-order valence-electron chi connectivity index (χ3n) is 5.09. The van der Waals surface area contributed by atoms with E-state index in [1.165, 1.54) is 0 Å². The number of carbonyl (C=O) groups is 1. The molecule has 4 rings (SSSR count). The molecule has 0 saturated carbocycles. The second-order valence-corrected chi connectivity index (χ2v) is 7.23. The molecular formula is C23H23NO6. The monoisotopic (exact) mass is 409 g/mol. The lowest BCUT2D eigenvalue weighted by Gasteiger charge is -2.21. The van der Waals surface area contributed by atoms with Gasteiger partial charge in [-0.2, -0.15) is 0 Å². The van der Waals surface area contributed by atoms with Crippen LogP contribution in [0, 0.1) is 6.92 Å². The minimum absolute atomic E-state index is 0.0176. The number of anilines is 1. The number of rotatable bonds is 6. The van der Waals surface area contributed by atoms with E-state index in [4.69, 9.17) is 18.3 Å². The standard InChI is InChI=1S/C23H23NO6/c1-15-13-20(16-8-11-27-12-9-16)30-23(26)21(15)22(25)24-17-4-6-18(7-5-17)29-14-19-3-2-10-28-19/h2-7,10,13,16H,8-9,11-12,14H2,1H3,(H,24,25). The van der Waals surface area contributed by atoms with Crippen LogP contribution in [-0.2, 0) is 11.3 Å². The van der Waals surface area contributed by atoms with E-state index in [2.05, 4.69) is 5.32 Å². The molecule has 1 aliphatic rings. The Hall–Kier alpha value is -3.32. The van der Waals surface area contributed by atoms with Gasteiger partial charge in [-0.15, -0.1) is 0 Å². The van der Waals surface area contributed by atoms with Gasteiger partial charge in [-0.3, -0.25) is 4.79 Å². The van der Waals surface area contributed by atoms with Crippen LogP contribution in [0.25, 0.3) is 0 Å². The Morgan fingerprint density at radius 3 is 2.60 bits per heavy atom. The van der Waals surface area contributed by atoms with Crippen molar-refractivity contribution in [3.05, 3.63) is 81.8 Å². The van der Waals surface area contributed by atoms with Crippen molar-refractivity contribution >= 4 is 11.6 Å². The smallest absolute Gasteiger partial charge is 0.349 e. The first kappa shape index (κ1) is 20.0. The number of hydrogen-bond acceptors (Lipinski definition) is 6. The van der Waals surface area contributed by atoms with Gasteiger partial charge in [0, 0.05) is 24.8 Å². The SMILES string of the molecule is Cc1cc(C2CCOCC2)oc(=O)c1C(=O)Nc1ccc(OCc2ccco2)cc1. The summed E-state index contributed by atoms with van der Waals surface area (Å²) in [5.74, 6) is 1.63. The van der Waals surface area contributed by atoms with Crippen LogP contribution in [0.2, 0.25) is 0 Å². The Morgan fingerprint density at radius 1 is 1.17 bits per heavy atom. The highest BCUT2D eigenvalue weighted by atomic mass is 16.5. The van der Waals surface area contributed by atoms with Crippen LogP contribution in [0.5, 0.6) is 5.75 Å². The largest absolute Gasteiger partial charge is 0.486 e. The number of nitrogens with one attached hydrogen (secondary N) is 1. The number of hydrogen-bond donors (Lipinski definition) is 1. The molecule has 1 saturated heterocycles. The zero-order valence-corrected chi connectivity index (χ0v) is 16.7. The lowest BCUT2D eigenvalue weighted by molar-refractivity contribution is 0.0796. The summed E-state index contributed by atoms with van der Waals surface area (Å²) in [6, 6.07) is 12.3. The van der Waals surface area contributed by atoms with Crippen molar-refractivity contribution in [2.75, 3.05) is 18.5 Å². The van der Waals surface area contributed by atoms with Crippen molar-refractivity contribution < 1.29 is 23.1 Å². The molecule has 7 nitrogen and oxygen atoms in total. The van der Waals surface area contributed by atoms with Crippen molar-refractivity contribution in [1.29, 1.82) is 0 Å². The van der Waals surface area contributed by atoms with E-state index < -0.39 is 11.5 Å². The molecular weight excluding hydrogens is 386 g/mol. The summed E-state index contributed by atoms with van der Waals surface area (Å²) in [6.45, 7) is 3.37. The number of aryl methyl sites for hydroxylation is 1. The summed E-state index contributed by atoms with van der Waals surface area (Å²) in [7, 11) is 0. The topological polar surface area (TPSA) is 90.9 Å². The second kappa shape index (κ2) is 9.00. The number of carbonyl (C=O) groups excluding carboxylic acids is 1. The van der Waals surface area contributed by atoms with Gasteiger partial charge in [0.25, 0.3) is 5.91 Å². The molecule has 3 aromatic rings. The maximum absolute atomic E-state index is 12.7. The summed E-state index contributed by atoms with van der Waals surface area (Å²) >= 11 is 0. The zero-order valence-electron chi connectivity index (χ0n) is 16.7. The maximum Gasteiger partial charge on any atom is 0.349 e. The molecule has 1 aromatic carbocycles. The number of benzene rings is 1. The minimum atomic E-state index is -0.618. The highest BCUT2D eigenvalue weighted by Crippen LogP contribution is 2.27. The quantitative estimate of drug-likeness (QED) is 0.654. The molecule has 156 valence electrons. The maximum atomic E-state index is 12.7. The lowest BCUT2D eigenvalue weighted by Crippen LogP contribution is -2.24. The minimum Gasteiger partial charge on any atom is -0.486 e. The van der Waals surface area contributed by atoms with Crippen LogP contribution >= 0.6 is 0 Å². The molecule has 0 atom stereocenters. The van der Waals surface area contributed by atoms with Gasteiger partial charge in [0.2, 0.25) is 0 Å². The van der Waals surface area contributed by atoms with E-state index in [9.17, 15) is 9.59 Å². The van der Waals surface area contributed by atoms with Crippen LogP contribution in [-0.4, -0.2) is 19.1 Å². The van der Waals surface area contributed by atoms with Crippen LogP contribution < -0.4 is 15.7 Å². The summed E-state index contributed by atoms with van der Waals surface area (Å²) in [4.78, 5) is 25.2. The van der Waals surface area contributed by atoms with Gasteiger partial charge in [-0.25, -0.2) is 4.79 Å². The van der Waals surface area contributed by atoms with Gasteiger partial charge in [-0.1, -0.05) is 0 Å². The van der Waals surface area contributed by atoms with E-state index in [1.807, 2.05) is 6.07 Å². The predicted octanol–water partition coefficient (Wildman–Crippen LogP) is 4.27. The van der Waals surface area contributed by atoms with Gasteiger partial charge in [0.05, 0.1) is 6.26 Å². The average molecular weight is 409 g/mol. The molecule has 1 N–H and O–H groups in total. The molecule has 0 radical (unpaired) electrons. The van der Waals surface area contributed by atoms with E-state index in [0.29, 0.717) is 42.6 Å². The molecule has 1 fully saturated rings. The summed E-state index contributed by atoms with van der Waals surface area (Å²) in [6.07, 6.45) is 3.20. The molecule has 2 aromatic heterocycles. The van der Waals surface area contributed by atoms with Gasteiger partial charge in [0.1, 0.15) is 29.4 Å². The van der Waals surface area contributed by atoms with Crippen LogP contribution in [0.1, 0.15) is 46.2 Å². The highest BCUT2D eigenvalue weighted by Gasteiger charge is 2.23. The van der Waals surface area contributed by atoms with Crippen molar-refractivity contribution in [2.45, 2.75) is 32.3 Å². The molecule has 0 aliphatic carbocycles. The van der Waals surface area contributed by atoms with Crippen molar-refractivity contribution in [3.8, 4) is 5.75 Å². The Bertz CT molecular complexity index is 1050. The van der Waals surface area contributed by atoms with Gasteiger partial charge < -0.3 is 23.6 Å². The highest BCUT2D eigenvalue weighted by molar-refractivity contribution is 6.04. The van der Waals surface area contributed by atoms with E-state index in [0.717, 1.165) is 18.6 Å². The number of furan rings is 1. The molecule has 30 heavy (non-hydrogen) atoms. The molecule has 0 spiro atoms. The Balaban J connectivity index is 1.42. The molecule has 1 amide bonds. The number of ether oxygens (including phenoxy) is 2. The zero-order chi connectivity index (χ0) is 20.9. The third-order valence-corrected chi connectivity index (χ3v) is 5.09. The summed E-state index contributed by atoms with van der Waals surface area (Å²) in [5.41, 5.74) is 0.553. The molecule has 0 unspecified atom stereocenters.